The third-order valence-electron chi connectivity index (χ3n) is 5.35. The Morgan fingerprint density at radius 2 is 2.17 bits per heavy atom. The molecule has 3 rings (SSSR count). The van der Waals surface area contributed by atoms with Crippen LogP contribution in [0.3, 0.4) is 0 Å². The summed E-state index contributed by atoms with van der Waals surface area (Å²) in [5.74, 6) is 3.08. The van der Waals surface area contributed by atoms with Gasteiger partial charge in [0.1, 0.15) is 12.4 Å². The van der Waals surface area contributed by atoms with Crippen LogP contribution in [0.25, 0.3) is 0 Å². The van der Waals surface area contributed by atoms with Crippen molar-refractivity contribution in [3.63, 3.8) is 0 Å². The maximum absolute atomic E-state index is 6.03. The molecule has 0 spiro atoms. The van der Waals surface area contributed by atoms with Gasteiger partial charge in [0.05, 0.1) is 12.7 Å². The Labute approximate surface area is 175 Å². The van der Waals surface area contributed by atoms with Crippen molar-refractivity contribution in [2.75, 3.05) is 32.8 Å². The zero-order valence-corrected chi connectivity index (χ0v) is 18.3. The van der Waals surface area contributed by atoms with E-state index in [1.54, 1.807) is 0 Å². The Morgan fingerprint density at radius 3 is 2.90 bits per heavy atom. The van der Waals surface area contributed by atoms with Crippen molar-refractivity contribution in [3.05, 3.63) is 47.8 Å². The van der Waals surface area contributed by atoms with Gasteiger partial charge in [-0.1, -0.05) is 32.0 Å². The Bertz CT molecular complexity index is 798. The maximum atomic E-state index is 6.03. The lowest BCUT2D eigenvalue weighted by Crippen LogP contribution is -2.40. The predicted molar refractivity (Wildman–Crippen MR) is 119 cm³/mol. The molecule has 1 unspecified atom stereocenters. The van der Waals surface area contributed by atoms with Gasteiger partial charge in [-0.3, -0.25) is 4.68 Å². The molecule has 1 saturated heterocycles. The fourth-order valence-corrected chi connectivity index (χ4v) is 3.92. The van der Waals surface area contributed by atoms with E-state index in [1.165, 1.54) is 17.5 Å². The number of nitrogens with one attached hydrogen (secondary N) is 1. The van der Waals surface area contributed by atoms with Gasteiger partial charge in [-0.2, -0.15) is 5.10 Å². The van der Waals surface area contributed by atoms with Gasteiger partial charge in [0.25, 0.3) is 0 Å². The summed E-state index contributed by atoms with van der Waals surface area (Å²) in [6.45, 7) is 10.7. The Kier molecular flexibility index (Phi) is 7.55. The number of likely N-dealkylation sites (tertiary alicyclic amines) is 1. The lowest BCUT2D eigenvalue weighted by atomic mass is 10.0. The van der Waals surface area contributed by atoms with Crippen molar-refractivity contribution in [2.45, 2.75) is 39.5 Å². The molecule has 0 aliphatic carbocycles. The Balaban J connectivity index is 1.52. The topological polar surface area (TPSA) is 54.7 Å². The van der Waals surface area contributed by atoms with Crippen LogP contribution in [0.1, 0.15) is 44.2 Å². The number of hydrogen-bond acceptors (Lipinski definition) is 3. The van der Waals surface area contributed by atoms with Gasteiger partial charge < -0.3 is 15.0 Å². The molecule has 1 atom stereocenters. The van der Waals surface area contributed by atoms with E-state index in [0.29, 0.717) is 25.0 Å². The standard InChI is InChI=1S/C23H35N5O/c1-5-24-23(25-11-13-29-22-9-7-6-8-21(22)18(2)3)28-12-10-19(17-28)14-20-15-26-27(4)16-20/h6-9,15-16,18-19H,5,10-14,17H2,1-4H3,(H,24,25). The minimum atomic E-state index is 0.452. The summed E-state index contributed by atoms with van der Waals surface area (Å²) in [4.78, 5) is 7.20. The first-order valence-corrected chi connectivity index (χ1v) is 10.8. The normalized spacial score (nSPS) is 17.2. The Hall–Kier alpha value is -2.50. The molecule has 1 aliphatic rings. The molecule has 29 heavy (non-hydrogen) atoms. The van der Waals surface area contributed by atoms with Crippen molar-refractivity contribution in [1.82, 2.24) is 20.0 Å². The van der Waals surface area contributed by atoms with Gasteiger partial charge >= 0.3 is 0 Å². The van der Waals surface area contributed by atoms with Gasteiger partial charge in [-0.15, -0.1) is 0 Å². The van der Waals surface area contributed by atoms with Crippen LogP contribution in [0.4, 0.5) is 0 Å². The van der Waals surface area contributed by atoms with Crippen LogP contribution in [0.5, 0.6) is 5.75 Å². The number of aromatic nitrogens is 2. The van der Waals surface area contributed by atoms with Crippen LogP contribution < -0.4 is 10.1 Å². The molecule has 6 nitrogen and oxygen atoms in total. The first-order valence-electron chi connectivity index (χ1n) is 10.8. The number of benzene rings is 1. The average Bonchev–Trinajstić information content (AvgIpc) is 3.33. The van der Waals surface area contributed by atoms with E-state index in [2.05, 4.69) is 54.4 Å². The first kappa shape index (κ1) is 21.2. The van der Waals surface area contributed by atoms with Crippen molar-refractivity contribution in [2.24, 2.45) is 18.0 Å². The largest absolute Gasteiger partial charge is 0.491 e. The van der Waals surface area contributed by atoms with E-state index < -0.39 is 0 Å². The van der Waals surface area contributed by atoms with E-state index in [9.17, 15) is 0 Å². The molecule has 2 aromatic rings. The number of guanidine groups is 1. The van der Waals surface area contributed by atoms with E-state index in [0.717, 1.165) is 37.8 Å². The molecule has 158 valence electrons. The zero-order chi connectivity index (χ0) is 20.6. The van der Waals surface area contributed by atoms with Gasteiger partial charge in [-0.25, -0.2) is 4.99 Å². The third-order valence-corrected chi connectivity index (χ3v) is 5.35. The first-order chi connectivity index (χ1) is 14.1. The highest BCUT2D eigenvalue weighted by Gasteiger charge is 2.25. The summed E-state index contributed by atoms with van der Waals surface area (Å²) in [5, 5.41) is 7.73. The molecule has 1 aliphatic heterocycles. The van der Waals surface area contributed by atoms with Crippen LogP contribution in [-0.4, -0.2) is 53.4 Å². The molecule has 1 N–H and O–H groups in total. The summed E-state index contributed by atoms with van der Waals surface area (Å²) in [5.41, 5.74) is 2.57. The van der Waals surface area contributed by atoms with Gasteiger partial charge in [0.2, 0.25) is 0 Å². The lowest BCUT2D eigenvalue weighted by Gasteiger charge is -2.22. The zero-order valence-electron chi connectivity index (χ0n) is 18.3. The van der Waals surface area contributed by atoms with E-state index >= 15 is 0 Å². The minimum Gasteiger partial charge on any atom is -0.491 e. The molecule has 6 heteroatoms. The van der Waals surface area contributed by atoms with Crippen molar-refractivity contribution < 1.29 is 4.74 Å². The molecule has 1 aromatic heterocycles. The number of aryl methyl sites for hydroxylation is 1. The second-order valence-corrected chi connectivity index (χ2v) is 8.10. The van der Waals surface area contributed by atoms with Crippen LogP contribution in [-0.2, 0) is 13.5 Å². The number of para-hydroxylation sites is 1. The fraction of sp³-hybridized carbons (Fsp3) is 0.565. The van der Waals surface area contributed by atoms with Crippen LogP contribution in [0, 0.1) is 5.92 Å². The highest BCUT2D eigenvalue weighted by Crippen LogP contribution is 2.25. The second kappa shape index (κ2) is 10.3. The van der Waals surface area contributed by atoms with Gasteiger partial charge in [-0.05, 0) is 48.8 Å². The quantitative estimate of drug-likeness (QED) is 0.421. The number of nitrogens with zero attached hydrogens (tertiary/aromatic N) is 4. The monoisotopic (exact) mass is 397 g/mol. The van der Waals surface area contributed by atoms with E-state index in [1.807, 2.05) is 30.1 Å². The second-order valence-electron chi connectivity index (χ2n) is 8.10. The molecular weight excluding hydrogens is 362 g/mol. The van der Waals surface area contributed by atoms with Crippen molar-refractivity contribution in [1.29, 1.82) is 0 Å². The SMILES string of the molecule is CCNC(=NCCOc1ccccc1C(C)C)N1CCC(Cc2cnn(C)c2)C1. The fourth-order valence-electron chi connectivity index (χ4n) is 3.92. The molecular formula is C23H35N5O. The average molecular weight is 398 g/mol. The number of ether oxygens (including phenoxy) is 1. The number of hydrogen-bond donors (Lipinski definition) is 1. The summed E-state index contributed by atoms with van der Waals surface area (Å²) in [6, 6.07) is 8.29. The van der Waals surface area contributed by atoms with E-state index in [4.69, 9.17) is 9.73 Å². The van der Waals surface area contributed by atoms with Gasteiger partial charge in [0, 0.05) is 32.9 Å². The predicted octanol–water partition coefficient (Wildman–Crippen LogP) is 3.45. The van der Waals surface area contributed by atoms with Crippen LogP contribution in [0.2, 0.25) is 0 Å². The Morgan fingerprint density at radius 1 is 1.34 bits per heavy atom. The van der Waals surface area contributed by atoms with Crippen molar-refractivity contribution in [3.8, 4) is 5.75 Å². The molecule has 0 saturated carbocycles. The number of aliphatic imine (C=N–C) groups is 1. The molecule has 1 aromatic carbocycles. The van der Waals surface area contributed by atoms with Gasteiger partial charge in [0.15, 0.2) is 5.96 Å². The highest BCUT2D eigenvalue weighted by molar-refractivity contribution is 5.80. The maximum Gasteiger partial charge on any atom is 0.194 e. The molecule has 0 bridgehead atoms. The summed E-state index contributed by atoms with van der Waals surface area (Å²) < 4.78 is 7.91. The highest BCUT2D eigenvalue weighted by atomic mass is 16.5. The minimum absolute atomic E-state index is 0.452. The summed E-state index contributed by atoms with van der Waals surface area (Å²) >= 11 is 0. The number of rotatable bonds is 8. The van der Waals surface area contributed by atoms with Crippen LogP contribution in [0.15, 0.2) is 41.7 Å². The van der Waals surface area contributed by atoms with E-state index in [-0.39, 0.29) is 0 Å². The summed E-state index contributed by atoms with van der Waals surface area (Å²) in [7, 11) is 1.97. The molecule has 2 heterocycles. The smallest absolute Gasteiger partial charge is 0.194 e. The van der Waals surface area contributed by atoms with Crippen LogP contribution >= 0.6 is 0 Å². The lowest BCUT2D eigenvalue weighted by molar-refractivity contribution is 0.322. The third kappa shape index (κ3) is 5.99. The molecule has 0 radical (unpaired) electrons. The molecule has 1 fully saturated rings. The summed E-state index contributed by atoms with van der Waals surface area (Å²) in [6.07, 6.45) is 6.37. The molecule has 0 amide bonds. The van der Waals surface area contributed by atoms with Crippen molar-refractivity contribution >= 4 is 5.96 Å².